The zero-order valence-corrected chi connectivity index (χ0v) is 7.01. The Hall–Kier alpha value is -1.43. The molecule has 0 amide bonds. The first kappa shape index (κ1) is 7.23. The number of esters is 1. The summed E-state index contributed by atoms with van der Waals surface area (Å²) in [5.74, 6) is -0.347. The van der Waals surface area contributed by atoms with E-state index in [4.69, 9.17) is 0 Å². The first-order chi connectivity index (χ1) is 5.81. The number of carbonyl (C=O) groups is 1. The predicted octanol–water partition coefficient (Wildman–Crippen LogP) is 0.806. The van der Waals surface area contributed by atoms with Crippen LogP contribution in [-0.4, -0.2) is 28.5 Å². The number of nitrogens with one attached hydrogen (secondary N) is 1. The number of fused-ring (bicyclic) bond motifs is 1. The van der Waals surface area contributed by atoms with Gasteiger partial charge in [0.2, 0.25) is 0 Å². The predicted molar refractivity (Wildman–Crippen MR) is 43.1 cm³/mol. The van der Waals surface area contributed by atoms with Crippen molar-refractivity contribution in [2.24, 2.45) is 0 Å². The van der Waals surface area contributed by atoms with Gasteiger partial charge in [-0.2, -0.15) is 10.3 Å². The van der Waals surface area contributed by atoms with Crippen molar-refractivity contribution >= 4 is 27.7 Å². The van der Waals surface area contributed by atoms with Crippen molar-refractivity contribution in [2.75, 3.05) is 7.11 Å². The Morgan fingerprint density at radius 2 is 2.50 bits per heavy atom. The van der Waals surface area contributed by atoms with Gasteiger partial charge in [-0.15, -0.1) is 16.4 Å². The van der Waals surface area contributed by atoms with Crippen molar-refractivity contribution in [3.8, 4) is 0 Å². The summed E-state index contributed by atoms with van der Waals surface area (Å²) in [5, 5.41) is 10.1. The van der Waals surface area contributed by atoms with Gasteiger partial charge in [-0.05, 0) is 6.07 Å². The lowest BCUT2D eigenvalue weighted by Gasteiger charge is -1.90. The Kier molecular flexibility index (Phi) is 1.54. The Morgan fingerprint density at radius 3 is 3.17 bits per heavy atom. The summed E-state index contributed by atoms with van der Waals surface area (Å²) in [4.78, 5) is 12.2. The molecule has 5 nitrogen and oxygen atoms in total. The molecule has 6 heteroatoms. The van der Waals surface area contributed by atoms with Gasteiger partial charge in [0.15, 0.2) is 4.83 Å². The zero-order chi connectivity index (χ0) is 8.55. The highest BCUT2D eigenvalue weighted by molar-refractivity contribution is 7.20. The molecule has 0 fully saturated rings. The molecule has 12 heavy (non-hydrogen) atoms. The molecule has 0 aliphatic carbocycles. The molecular weight excluding hydrogens is 178 g/mol. The second-order valence-electron chi connectivity index (χ2n) is 2.12. The van der Waals surface area contributed by atoms with Gasteiger partial charge in [-0.1, -0.05) is 0 Å². The minimum atomic E-state index is -0.347. The van der Waals surface area contributed by atoms with Crippen LogP contribution < -0.4 is 0 Å². The Bertz CT molecular complexity index is 391. The number of rotatable bonds is 1. The molecule has 0 aliphatic rings. The highest BCUT2D eigenvalue weighted by Gasteiger charge is 2.11. The Morgan fingerprint density at radius 1 is 1.67 bits per heavy atom. The van der Waals surface area contributed by atoms with Crippen LogP contribution in [0.4, 0.5) is 0 Å². The molecule has 2 aromatic rings. The molecule has 62 valence electrons. The van der Waals surface area contributed by atoms with Crippen LogP contribution in [0.1, 0.15) is 9.67 Å². The van der Waals surface area contributed by atoms with Crippen LogP contribution in [0.2, 0.25) is 0 Å². The minimum Gasteiger partial charge on any atom is -0.465 e. The normalized spacial score (nSPS) is 10.4. The van der Waals surface area contributed by atoms with Gasteiger partial charge in [0.25, 0.3) is 0 Å². The standard InChI is InChI=1S/C6H5N3O2S/c1-11-6(10)4-2-3-5(12-4)8-9-7-3/h2H,1H3,(H,7,8,9). The third kappa shape index (κ3) is 0.964. The Balaban J connectivity index is 2.51. The van der Waals surface area contributed by atoms with Crippen LogP contribution >= 0.6 is 11.3 Å². The van der Waals surface area contributed by atoms with Gasteiger partial charge in [-0.3, -0.25) is 0 Å². The lowest BCUT2D eigenvalue weighted by atomic mass is 10.4. The maximum atomic E-state index is 11.0. The molecule has 2 heterocycles. The molecule has 0 radical (unpaired) electrons. The summed E-state index contributed by atoms with van der Waals surface area (Å²) in [6.45, 7) is 0. The van der Waals surface area contributed by atoms with E-state index in [0.717, 1.165) is 4.83 Å². The molecule has 2 aromatic heterocycles. The fraction of sp³-hybridized carbons (Fsp3) is 0.167. The van der Waals surface area contributed by atoms with E-state index >= 15 is 0 Å². The maximum Gasteiger partial charge on any atom is 0.348 e. The number of carbonyl (C=O) groups excluding carboxylic acids is 1. The average molecular weight is 183 g/mol. The zero-order valence-electron chi connectivity index (χ0n) is 6.20. The lowest BCUT2D eigenvalue weighted by Crippen LogP contribution is -1.96. The smallest absolute Gasteiger partial charge is 0.348 e. The molecule has 0 spiro atoms. The van der Waals surface area contributed by atoms with E-state index in [2.05, 4.69) is 20.1 Å². The number of thiophene rings is 1. The number of nitrogens with zero attached hydrogens (tertiary/aromatic N) is 2. The van der Waals surface area contributed by atoms with Gasteiger partial charge in [0, 0.05) is 0 Å². The fourth-order valence-corrected chi connectivity index (χ4v) is 1.70. The van der Waals surface area contributed by atoms with Crippen LogP contribution in [0.15, 0.2) is 6.07 Å². The van der Waals surface area contributed by atoms with Crippen LogP contribution in [0.5, 0.6) is 0 Å². The molecular formula is C6H5N3O2S. The second kappa shape index (κ2) is 2.56. The van der Waals surface area contributed by atoms with E-state index < -0.39 is 0 Å². The van der Waals surface area contributed by atoms with E-state index in [9.17, 15) is 4.79 Å². The number of aromatic amines is 1. The summed E-state index contributed by atoms with van der Waals surface area (Å²) >= 11 is 1.26. The molecule has 0 saturated heterocycles. The van der Waals surface area contributed by atoms with E-state index in [1.165, 1.54) is 18.4 Å². The molecule has 0 bridgehead atoms. The van der Waals surface area contributed by atoms with E-state index in [1.807, 2.05) is 0 Å². The molecule has 0 unspecified atom stereocenters. The summed E-state index contributed by atoms with van der Waals surface area (Å²) < 4.78 is 4.54. The number of ether oxygens (including phenoxy) is 1. The maximum absolute atomic E-state index is 11.0. The summed E-state index contributed by atoms with van der Waals surface area (Å²) in [5.41, 5.74) is 0.695. The van der Waals surface area contributed by atoms with Crippen molar-refractivity contribution in [1.29, 1.82) is 0 Å². The van der Waals surface area contributed by atoms with Crippen LogP contribution in [-0.2, 0) is 4.74 Å². The lowest BCUT2D eigenvalue weighted by molar-refractivity contribution is 0.0606. The Labute approximate surface area is 71.3 Å². The average Bonchev–Trinajstić information content (AvgIpc) is 2.60. The summed E-state index contributed by atoms with van der Waals surface area (Å²) in [6.07, 6.45) is 0. The van der Waals surface area contributed by atoms with Gasteiger partial charge in [0.1, 0.15) is 10.4 Å². The number of methoxy groups -OCH3 is 1. The third-order valence-electron chi connectivity index (χ3n) is 1.40. The van der Waals surface area contributed by atoms with Gasteiger partial charge in [-0.25, -0.2) is 4.79 Å². The molecule has 0 saturated carbocycles. The first-order valence-electron chi connectivity index (χ1n) is 3.20. The van der Waals surface area contributed by atoms with Crippen molar-refractivity contribution in [3.63, 3.8) is 0 Å². The largest absolute Gasteiger partial charge is 0.465 e. The van der Waals surface area contributed by atoms with E-state index in [-0.39, 0.29) is 5.97 Å². The van der Waals surface area contributed by atoms with Crippen molar-refractivity contribution in [3.05, 3.63) is 10.9 Å². The number of H-pyrrole nitrogens is 1. The monoisotopic (exact) mass is 183 g/mol. The van der Waals surface area contributed by atoms with Crippen molar-refractivity contribution in [2.45, 2.75) is 0 Å². The van der Waals surface area contributed by atoms with E-state index in [0.29, 0.717) is 10.4 Å². The molecule has 0 atom stereocenters. The molecule has 0 aliphatic heterocycles. The molecule has 2 rings (SSSR count). The summed E-state index contributed by atoms with van der Waals surface area (Å²) in [7, 11) is 1.35. The van der Waals surface area contributed by atoms with E-state index in [1.54, 1.807) is 6.07 Å². The third-order valence-corrected chi connectivity index (χ3v) is 2.40. The molecule has 1 N–H and O–H groups in total. The number of aromatic nitrogens is 3. The van der Waals surface area contributed by atoms with Crippen molar-refractivity contribution in [1.82, 2.24) is 15.4 Å². The highest BCUT2D eigenvalue weighted by Crippen LogP contribution is 2.21. The topological polar surface area (TPSA) is 67.9 Å². The van der Waals surface area contributed by atoms with Gasteiger partial charge in [0.05, 0.1) is 7.11 Å². The number of hydrogen-bond donors (Lipinski definition) is 1. The van der Waals surface area contributed by atoms with Crippen molar-refractivity contribution < 1.29 is 9.53 Å². The highest BCUT2D eigenvalue weighted by atomic mass is 32.1. The minimum absolute atomic E-state index is 0.347. The van der Waals surface area contributed by atoms with Gasteiger partial charge < -0.3 is 4.74 Å². The van der Waals surface area contributed by atoms with Gasteiger partial charge >= 0.3 is 5.97 Å². The quantitative estimate of drug-likeness (QED) is 0.664. The van der Waals surface area contributed by atoms with Crippen LogP contribution in [0.3, 0.4) is 0 Å². The SMILES string of the molecule is COC(=O)c1cc2n[nH]nc2s1. The van der Waals surface area contributed by atoms with Crippen LogP contribution in [0.25, 0.3) is 10.3 Å². The first-order valence-corrected chi connectivity index (χ1v) is 4.01. The summed E-state index contributed by atoms with van der Waals surface area (Å²) in [6, 6.07) is 1.65. The fourth-order valence-electron chi connectivity index (χ4n) is 0.857. The number of hydrogen-bond acceptors (Lipinski definition) is 5. The second-order valence-corrected chi connectivity index (χ2v) is 3.15. The van der Waals surface area contributed by atoms with Crippen LogP contribution in [0, 0.1) is 0 Å². The molecule has 0 aromatic carbocycles.